The highest BCUT2D eigenvalue weighted by atomic mass is 16.5. The number of rotatable bonds is 4. The van der Waals surface area contributed by atoms with Crippen LogP contribution in [-0.4, -0.2) is 49.4 Å². The molecule has 98 valence electrons. The van der Waals surface area contributed by atoms with Gasteiger partial charge in [-0.25, -0.2) is 0 Å². The number of benzene rings is 1. The van der Waals surface area contributed by atoms with E-state index in [1.807, 2.05) is 4.90 Å². The number of ether oxygens (including phenoxy) is 2. The lowest BCUT2D eigenvalue weighted by atomic mass is 10.0. The van der Waals surface area contributed by atoms with Gasteiger partial charge in [0.15, 0.2) is 0 Å². The Hall–Kier alpha value is -1.59. The summed E-state index contributed by atoms with van der Waals surface area (Å²) in [5.74, 6) is -0.105. The molecule has 5 heteroatoms. The highest BCUT2D eigenvalue weighted by Gasteiger charge is 2.28. The summed E-state index contributed by atoms with van der Waals surface area (Å²) in [5, 5.41) is 9.39. The van der Waals surface area contributed by atoms with Crippen molar-refractivity contribution in [2.75, 3.05) is 33.4 Å². The molecule has 1 atom stereocenters. The maximum atomic E-state index is 11.4. The third-order valence-corrected chi connectivity index (χ3v) is 3.08. The number of hydrogen-bond acceptors (Lipinski definition) is 4. The molecule has 0 radical (unpaired) electrons. The molecular weight excluding hydrogens is 234 g/mol. The van der Waals surface area contributed by atoms with Crippen LogP contribution in [0.2, 0.25) is 0 Å². The highest BCUT2D eigenvalue weighted by molar-refractivity contribution is 5.75. The average molecular weight is 251 g/mol. The summed E-state index contributed by atoms with van der Waals surface area (Å²) in [5.41, 5.74) is 0.769. The molecule has 0 spiro atoms. The summed E-state index contributed by atoms with van der Waals surface area (Å²) in [6.45, 7) is 2.45. The predicted octanol–water partition coefficient (Wildman–Crippen LogP) is 1.15. The van der Waals surface area contributed by atoms with Crippen molar-refractivity contribution in [2.45, 2.75) is 6.04 Å². The van der Waals surface area contributed by atoms with Crippen molar-refractivity contribution in [3.05, 3.63) is 29.8 Å². The summed E-state index contributed by atoms with van der Waals surface area (Å²) >= 11 is 0. The fraction of sp³-hybridized carbons (Fsp3) is 0.462. The highest BCUT2D eigenvalue weighted by Crippen LogP contribution is 2.24. The van der Waals surface area contributed by atoms with Crippen molar-refractivity contribution >= 4 is 5.97 Å². The van der Waals surface area contributed by atoms with Gasteiger partial charge in [0.2, 0.25) is 0 Å². The largest absolute Gasteiger partial charge is 0.497 e. The zero-order valence-electron chi connectivity index (χ0n) is 10.3. The molecule has 1 heterocycles. The van der Waals surface area contributed by atoms with E-state index in [0.717, 1.165) is 11.3 Å². The van der Waals surface area contributed by atoms with Gasteiger partial charge < -0.3 is 14.6 Å². The van der Waals surface area contributed by atoms with Crippen LogP contribution in [0.1, 0.15) is 11.6 Å². The Morgan fingerprint density at radius 3 is 2.44 bits per heavy atom. The van der Waals surface area contributed by atoms with Crippen molar-refractivity contribution in [1.82, 2.24) is 4.90 Å². The number of methoxy groups -OCH3 is 1. The molecule has 0 aliphatic carbocycles. The number of carbonyl (C=O) groups is 1. The fourth-order valence-corrected chi connectivity index (χ4v) is 2.13. The zero-order valence-corrected chi connectivity index (χ0v) is 10.3. The van der Waals surface area contributed by atoms with Gasteiger partial charge in [0.1, 0.15) is 11.8 Å². The smallest absolute Gasteiger partial charge is 0.325 e. The molecule has 18 heavy (non-hydrogen) atoms. The van der Waals surface area contributed by atoms with Crippen molar-refractivity contribution in [1.29, 1.82) is 0 Å². The lowest BCUT2D eigenvalue weighted by Crippen LogP contribution is -2.42. The van der Waals surface area contributed by atoms with Gasteiger partial charge in [0.05, 0.1) is 20.3 Å². The third-order valence-electron chi connectivity index (χ3n) is 3.08. The Labute approximate surface area is 106 Å². The Bertz CT molecular complexity index is 398. The van der Waals surface area contributed by atoms with Gasteiger partial charge in [-0.15, -0.1) is 0 Å². The molecule has 1 aromatic rings. The summed E-state index contributed by atoms with van der Waals surface area (Å²) in [4.78, 5) is 13.4. The van der Waals surface area contributed by atoms with Crippen LogP contribution in [0.15, 0.2) is 24.3 Å². The molecule has 5 nitrogen and oxygen atoms in total. The molecular formula is C13H17NO4. The maximum absolute atomic E-state index is 11.4. The maximum Gasteiger partial charge on any atom is 0.325 e. The van der Waals surface area contributed by atoms with Gasteiger partial charge >= 0.3 is 5.97 Å². The van der Waals surface area contributed by atoms with Crippen LogP contribution in [-0.2, 0) is 9.53 Å². The molecule has 1 unspecified atom stereocenters. The van der Waals surface area contributed by atoms with Crippen molar-refractivity contribution in [3.8, 4) is 5.75 Å². The number of morpholine rings is 1. The summed E-state index contributed by atoms with van der Waals surface area (Å²) < 4.78 is 10.3. The number of nitrogens with zero attached hydrogens (tertiary/aromatic N) is 1. The van der Waals surface area contributed by atoms with E-state index in [1.165, 1.54) is 0 Å². The quantitative estimate of drug-likeness (QED) is 0.870. The van der Waals surface area contributed by atoms with Crippen LogP contribution >= 0.6 is 0 Å². The van der Waals surface area contributed by atoms with E-state index in [0.29, 0.717) is 26.3 Å². The first-order valence-electron chi connectivity index (χ1n) is 5.91. The topological polar surface area (TPSA) is 59.0 Å². The molecule has 1 aliphatic heterocycles. The molecule has 0 amide bonds. The minimum atomic E-state index is -0.831. The van der Waals surface area contributed by atoms with Crippen LogP contribution in [0.25, 0.3) is 0 Å². The number of carboxylic acid groups (broad SMARTS) is 1. The first kappa shape index (κ1) is 12.9. The summed E-state index contributed by atoms with van der Waals surface area (Å²) in [6.07, 6.45) is 0. The van der Waals surface area contributed by atoms with Crippen LogP contribution in [0.4, 0.5) is 0 Å². The number of carboxylic acids is 1. The first-order valence-corrected chi connectivity index (χ1v) is 5.91. The monoisotopic (exact) mass is 251 g/mol. The molecule has 1 fully saturated rings. The van der Waals surface area contributed by atoms with E-state index >= 15 is 0 Å². The molecule has 1 N–H and O–H groups in total. The molecule has 2 rings (SSSR count). The third kappa shape index (κ3) is 2.80. The molecule has 0 bridgehead atoms. The normalized spacial score (nSPS) is 18.3. The summed E-state index contributed by atoms with van der Waals surface area (Å²) in [7, 11) is 1.59. The second kappa shape index (κ2) is 5.84. The second-order valence-corrected chi connectivity index (χ2v) is 4.16. The van der Waals surface area contributed by atoms with Crippen molar-refractivity contribution in [2.24, 2.45) is 0 Å². The Morgan fingerprint density at radius 1 is 1.33 bits per heavy atom. The predicted molar refractivity (Wildman–Crippen MR) is 65.8 cm³/mol. The first-order chi connectivity index (χ1) is 8.72. The van der Waals surface area contributed by atoms with Gasteiger partial charge in [0.25, 0.3) is 0 Å². The lowest BCUT2D eigenvalue weighted by molar-refractivity contribution is -0.145. The van der Waals surface area contributed by atoms with Gasteiger partial charge in [-0.1, -0.05) is 12.1 Å². The van der Waals surface area contributed by atoms with Gasteiger partial charge in [-0.3, -0.25) is 9.69 Å². The average Bonchev–Trinajstić information content (AvgIpc) is 2.40. The molecule has 1 saturated heterocycles. The fourth-order valence-electron chi connectivity index (χ4n) is 2.13. The Morgan fingerprint density at radius 2 is 1.94 bits per heavy atom. The van der Waals surface area contributed by atoms with Gasteiger partial charge in [0, 0.05) is 13.1 Å². The minimum Gasteiger partial charge on any atom is -0.497 e. The van der Waals surface area contributed by atoms with Gasteiger partial charge in [-0.2, -0.15) is 0 Å². The van der Waals surface area contributed by atoms with Crippen LogP contribution in [0.3, 0.4) is 0 Å². The van der Waals surface area contributed by atoms with Crippen LogP contribution in [0.5, 0.6) is 5.75 Å². The number of aliphatic carboxylic acids is 1. The molecule has 0 aromatic heterocycles. The zero-order chi connectivity index (χ0) is 13.0. The second-order valence-electron chi connectivity index (χ2n) is 4.16. The van der Waals surface area contributed by atoms with Gasteiger partial charge in [-0.05, 0) is 17.7 Å². The molecule has 1 aliphatic rings. The minimum absolute atomic E-state index is 0.583. The van der Waals surface area contributed by atoms with Crippen LogP contribution < -0.4 is 4.74 Å². The molecule has 1 aromatic carbocycles. The summed E-state index contributed by atoms with van der Waals surface area (Å²) in [6, 6.07) is 6.55. The molecule has 0 saturated carbocycles. The SMILES string of the molecule is COc1ccc(C(C(=O)O)N2CCOCC2)cc1. The van der Waals surface area contributed by atoms with E-state index in [9.17, 15) is 9.90 Å². The van der Waals surface area contributed by atoms with E-state index in [4.69, 9.17) is 9.47 Å². The number of hydrogen-bond donors (Lipinski definition) is 1. The van der Waals surface area contributed by atoms with E-state index < -0.39 is 12.0 Å². The Kier molecular flexibility index (Phi) is 4.17. The standard InChI is InChI=1S/C13H17NO4/c1-17-11-4-2-10(3-5-11)12(13(15)16)14-6-8-18-9-7-14/h2-5,12H,6-9H2,1H3,(H,15,16). The van der Waals surface area contributed by atoms with Crippen LogP contribution in [0, 0.1) is 0 Å². The Balaban J connectivity index is 2.20. The van der Waals surface area contributed by atoms with E-state index in [-0.39, 0.29) is 0 Å². The lowest BCUT2D eigenvalue weighted by Gasteiger charge is -2.32. The van der Waals surface area contributed by atoms with E-state index in [1.54, 1.807) is 31.4 Å². The van der Waals surface area contributed by atoms with Crippen molar-refractivity contribution < 1.29 is 19.4 Å². The van der Waals surface area contributed by atoms with E-state index in [2.05, 4.69) is 0 Å². The van der Waals surface area contributed by atoms with Crippen molar-refractivity contribution in [3.63, 3.8) is 0 Å².